The molecule has 2 amide bonds. The van der Waals surface area contributed by atoms with Gasteiger partial charge in [-0.3, -0.25) is 9.59 Å². The van der Waals surface area contributed by atoms with Gasteiger partial charge >= 0.3 is 0 Å². The number of hydrogen-bond donors (Lipinski definition) is 3. The van der Waals surface area contributed by atoms with Gasteiger partial charge in [-0.15, -0.1) is 11.3 Å². The van der Waals surface area contributed by atoms with Crippen LogP contribution in [0.4, 0.5) is 5.69 Å². The van der Waals surface area contributed by atoms with Crippen LogP contribution >= 0.6 is 11.3 Å². The van der Waals surface area contributed by atoms with Crippen LogP contribution in [0.25, 0.3) is 10.4 Å². The number of carbonyl (C=O) groups is 2. The number of amides is 2. The fraction of sp³-hybridized carbons (Fsp3) is 0.0769. The molecule has 0 bridgehead atoms. The van der Waals surface area contributed by atoms with Gasteiger partial charge in [0.1, 0.15) is 10.6 Å². The molecule has 0 aliphatic rings. The molecule has 0 aliphatic carbocycles. The summed E-state index contributed by atoms with van der Waals surface area (Å²) in [5.41, 5.74) is 17.3. The molecule has 0 fully saturated rings. The first-order valence-corrected chi connectivity index (χ1v) is 6.43. The first-order valence-electron chi connectivity index (χ1n) is 5.62. The Morgan fingerprint density at radius 2 is 1.90 bits per heavy atom. The second kappa shape index (κ2) is 5.22. The Bertz CT molecular complexity index is 694. The number of anilines is 1. The minimum atomic E-state index is -0.776. The van der Waals surface area contributed by atoms with Gasteiger partial charge < -0.3 is 21.9 Å². The van der Waals surface area contributed by atoms with E-state index in [1.165, 1.54) is 0 Å². The Hall–Kier alpha value is -2.54. The summed E-state index contributed by atoms with van der Waals surface area (Å²) in [6.45, 7) is 0. The van der Waals surface area contributed by atoms with E-state index in [0.717, 1.165) is 16.9 Å². The summed E-state index contributed by atoms with van der Waals surface area (Å²) in [6, 6.07) is 7.09. The topological polar surface area (TPSA) is 121 Å². The van der Waals surface area contributed by atoms with Gasteiger partial charge in [0.05, 0.1) is 23.2 Å². The molecular formula is C13H13N3O3S. The van der Waals surface area contributed by atoms with Crippen molar-refractivity contribution in [2.45, 2.75) is 0 Å². The summed E-state index contributed by atoms with van der Waals surface area (Å²) >= 11 is 1.04. The van der Waals surface area contributed by atoms with Crippen molar-refractivity contribution in [1.82, 2.24) is 0 Å². The zero-order valence-electron chi connectivity index (χ0n) is 10.7. The number of nitrogen functional groups attached to an aromatic ring is 1. The van der Waals surface area contributed by atoms with E-state index < -0.39 is 11.8 Å². The molecule has 1 aromatic heterocycles. The van der Waals surface area contributed by atoms with Crippen molar-refractivity contribution in [3.8, 4) is 16.2 Å². The molecule has 0 saturated carbocycles. The molecule has 7 heteroatoms. The Balaban J connectivity index is 2.66. The van der Waals surface area contributed by atoms with E-state index >= 15 is 0 Å². The summed E-state index contributed by atoms with van der Waals surface area (Å²) in [5, 5.41) is 0. The molecule has 2 rings (SSSR count). The predicted molar refractivity (Wildman–Crippen MR) is 77.8 cm³/mol. The number of nitrogens with two attached hydrogens (primary N) is 3. The average molecular weight is 291 g/mol. The maximum atomic E-state index is 11.4. The zero-order chi connectivity index (χ0) is 14.9. The van der Waals surface area contributed by atoms with Crippen molar-refractivity contribution in [2.75, 3.05) is 12.8 Å². The summed E-state index contributed by atoms with van der Waals surface area (Å²) < 4.78 is 5.13. The van der Waals surface area contributed by atoms with E-state index in [2.05, 4.69) is 0 Å². The number of carbonyl (C=O) groups excluding carboxylic acids is 2. The van der Waals surface area contributed by atoms with Gasteiger partial charge in [-0.05, 0) is 17.7 Å². The van der Waals surface area contributed by atoms with E-state index in [4.69, 9.17) is 21.9 Å². The van der Waals surface area contributed by atoms with Gasteiger partial charge in [-0.1, -0.05) is 12.1 Å². The number of rotatable bonds is 4. The Kier molecular flexibility index (Phi) is 3.62. The van der Waals surface area contributed by atoms with Crippen molar-refractivity contribution >= 4 is 28.8 Å². The highest BCUT2D eigenvalue weighted by Crippen LogP contribution is 2.39. The molecular weight excluding hydrogens is 278 g/mol. The van der Waals surface area contributed by atoms with Gasteiger partial charge in [-0.25, -0.2) is 0 Å². The third-order valence-electron chi connectivity index (χ3n) is 2.75. The molecule has 0 spiro atoms. The molecule has 20 heavy (non-hydrogen) atoms. The van der Waals surface area contributed by atoms with Crippen LogP contribution in [0.2, 0.25) is 0 Å². The Labute approximate surface area is 119 Å². The van der Waals surface area contributed by atoms with E-state index in [1.54, 1.807) is 31.4 Å². The summed E-state index contributed by atoms with van der Waals surface area (Å²) in [7, 11) is 1.54. The van der Waals surface area contributed by atoms with E-state index in [9.17, 15) is 9.59 Å². The monoisotopic (exact) mass is 291 g/mol. The maximum absolute atomic E-state index is 11.4. The highest BCUT2D eigenvalue weighted by molar-refractivity contribution is 7.18. The minimum Gasteiger partial charge on any atom is -0.497 e. The first kappa shape index (κ1) is 13.9. The number of ether oxygens (including phenoxy) is 1. The van der Waals surface area contributed by atoms with Gasteiger partial charge in [0.2, 0.25) is 0 Å². The van der Waals surface area contributed by atoms with Gasteiger partial charge in [0.15, 0.2) is 0 Å². The van der Waals surface area contributed by atoms with Gasteiger partial charge in [0, 0.05) is 0 Å². The van der Waals surface area contributed by atoms with Crippen LogP contribution in [0.1, 0.15) is 20.0 Å². The van der Waals surface area contributed by atoms with Crippen LogP contribution in [-0.4, -0.2) is 18.9 Å². The Morgan fingerprint density at radius 1 is 1.20 bits per heavy atom. The van der Waals surface area contributed by atoms with Crippen LogP contribution in [0.3, 0.4) is 0 Å². The van der Waals surface area contributed by atoms with Gasteiger partial charge in [0.25, 0.3) is 11.8 Å². The fourth-order valence-corrected chi connectivity index (χ4v) is 2.91. The van der Waals surface area contributed by atoms with Crippen molar-refractivity contribution < 1.29 is 14.3 Å². The summed E-state index contributed by atoms with van der Waals surface area (Å²) in [6.07, 6.45) is 0. The molecule has 6 N–H and O–H groups in total. The van der Waals surface area contributed by atoms with Crippen molar-refractivity contribution in [3.05, 3.63) is 34.7 Å². The molecule has 104 valence electrons. The highest BCUT2D eigenvalue weighted by atomic mass is 32.1. The molecule has 2 aromatic rings. The Morgan fingerprint density at radius 3 is 2.40 bits per heavy atom. The number of thiophene rings is 1. The van der Waals surface area contributed by atoms with E-state index in [0.29, 0.717) is 10.6 Å². The molecule has 0 saturated heterocycles. The van der Waals surface area contributed by atoms with E-state index in [1.807, 2.05) is 0 Å². The number of primary amides is 2. The highest BCUT2D eigenvalue weighted by Gasteiger charge is 2.24. The largest absolute Gasteiger partial charge is 0.497 e. The molecule has 0 aliphatic heterocycles. The lowest BCUT2D eigenvalue weighted by atomic mass is 10.1. The lowest BCUT2D eigenvalue weighted by molar-refractivity contribution is 0.0971. The number of hydrogen-bond acceptors (Lipinski definition) is 5. The number of benzene rings is 1. The molecule has 0 radical (unpaired) electrons. The molecule has 6 nitrogen and oxygen atoms in total. The smallest absolute Gasteiger partial charge is 0.259 e. The first-order chi connectivity index (χ1) is 9.45. The summed E-state index contributed by atoms with van der Waals surface area (Å²) in [5.74, 6) is -0.872. The van der Waals surface area contributed by atoms with Crippen LogP contribution in [-0.2, 0) is 0 Å². The lowest BCUT2D eigenvalue weighted by Crippen LogP contribution is -2.19. The molecule has 0 atom stereocenters. The quantitative estimate of drug-likeness (QED) is 0.783. The van der Waals surface area contributed by atoms with Crippen molar-refractivity contribution in [2.24, 2.45) is 11.5 Å². The second-order valence-electron chi connectivity index (χ2n) is 4.01. The third kappa shape index (κ3) is 2.30. The molecule has 1 aromatic carbocycles. The standard InChI is InChI=1S/C13H13N3O3S/c1-19-7-4-2-3-6(5-7)10-9(14)8(12(15)17)11(20-10)13(16)18/h2-5H,14H2,1H3,(H2,15,17)(H2,16,18). The van der Waals surface area contributed by atoms with Crippen molar-refractivity contribution in [3.63, 3.8) is 0 Å². The molecule has 1 heterocycles. The number of methoxy groups -OCH3 is 1. The zero-order valence-corrected chi connectivity index (χ0v) is 11.5. The second-order valence-corrected chi connectivity index (χ2v) is 5.03. The van der Waals surface area contributed by atoms with Crippen LogP contribution in [0, 0.1) is 0 Å². The maximum Gasteiger partial charge on any atom is 0.259 e. The van der Waals surface area contributed by atoms with Gasteiger partial charge in [-0.2, -0.15) is 0 Å². The lowest BCUT2D eigenvalue weighted by Gasteiger charge is -2.03. The van der Waals surface area contributed by atoms with Crippen LogP contribution < -0.4 is 21.9 Å². The normalized spacial score (nSPS) is 10.2. The van der Waals surface area contributed by atoms with Crippen LogP contribution in [0.5, 0.6) is 5.75 Å². The minimum absolute atomic E-state index is 0.0275. The average Bonchev–Trinajstić information content (AvgIpc) is 2.77. The van der Waals surface area contributed by atoms with Crippen LogP contribution in [0.15, 0.2) is 24.3 Å². The van der Waals surface area contributed by atoms with E-state index in [-0.39, 0.29) is 16.1 Å². The third-order valence-corrected chi connectivity index (χ3v) is 4.02. The summed E-state index contributed by atoms with van der Waals surface area (Å²) in [4.78, 5) is 23.4. The fourth-order valence-electron chi connectivity index (χ4n) is 1.84. The SMILES string of the molecule is COc1cccc(-c2sc(C(N)=O)c(C(N)=O)c2N)c1. The van der Waals surface area contributed by atoms with Crippen molar-refractivity contribution in [1.29, 1.82) is 0 Å². The predicted octanol–water partition coefficient (Wildman–Crippen LogP) is 1.20. The molecule has 0 unspecified atom stereocenters.